The summed E-state index contributed by atoms with van der Waals surface area (Å²) < 4.78 is 5.14. The monoisotopic (exact) mass is 329 g/mol. The van der Waals surface area contributed by atoms with E-state index in [1.807, 2.05) is 0 Å². The fourth-order valence-electron chi connectivity index (χ4n) is 2.30. The van der Waals surface area contributed by atoms with Crippen LogP contribution in [-0.4, -0.2) is 51.0 Å². The van der Waals surface area contributed by atoms with Crippen LogP contribution in [-0.2, 0) is 19.1 Å². The highest BCUT2D eigenvalue weighted by atomic mass is 32.2. The lowest BCUT2D eigenvalue weighted by molar-refractivity contribution is -0.156. The largest absolute Gasteiger partial charge is 0.477 e. The molecule has 0 aromatic carbocycles. The van der Waals surface area contributed by atoms with Crippen LogP contribution >= 0.6 is 11.8 Å². The molecule has 3 atom stereocenters. The van der Waals surface area contributed by atoms with Gasteiger partial charge in [-0.05, 0) is 27.7 Å². The van der Waals surface area contributed by atoms with Crippen LogP contribution in [0.25, 0.3) is 0 Å². The van der Waals surface area contributed by atoms with Crippen LogP contribution in [0, 0.1) is 11.3 Å². The maximum Gasteiger partial charge on any atom is 0.353 e. The zero-order valence-corrected chi connectivity index (χ0v) is 13.6. The Hall–Kier alpha value is -1.54. The third-order valence-electron chi connectivity index (χ3n) is 3.52. The van der Waals surface area contributed by atoms with Crippen molar-refractivity contribution in [1.29, 1.82) is 0 Å². The van der Waals surface area contributed by atoms with Gasteiger partial charge in [0.15, 0.2) is 0 Å². The van der Waals surface area contributed by atoms with E-state index in [1.165, 1.54) is 6.92 Å². The number of ether oxygens (including phenoxy) is 1. The number of carboxylic acids is 1. The number of carbonyl (C=O) groups is 3. The van der Waals surface area contributed by atoms with E-state index < -0.39 is 40.7 Å². The maximum absolute atomic E-state index is 12.0. The molecule has 0 aromatic rings. The summed E-state index contributed by atoms with van der Waals surface area (Å²) >= 11 is 1.16. The molecule has 1 amide bonds. The molecule has 1 saturated heterocycles. The molecule has 0 radical (unpaired) electrons. The van der Waals surface area contributed by atoms with Crippen molar-refractivity contribution >= 4 is 29.6 Å². The number of rotatable bonds is 4. The van der Waals surface area contributed by atoms with Crippen molar-refractivity contribution in [2.24, 2.45) is 11.3 Å². The van der Waals surface area contributed by atoms with Gasteiger partial charge < -0.3 is 14.9 Å². The van der Waals surface area contributed by atoms with Gasteiger partial charge in [0.1, 0.15) is 17.7 Å². The van der Waals surface area contributed by atoms with E-state index in [9.17, 15) is 24.6 Å². The molecule has 0 saturated carbocycles. The Morgan fingerprint density at radius 2 is 2.00 bits per heavy atom. The Kier molecular flexibility index (Phi) is 4.27. The molecular formula is C14H19NO6S. The van der Waals surface area contributed by atoms with Gasteiger partial charge in [0.25, 0.3) is 0 Å². The summed E-state index contributed by atoms with van der Waals surface area (Å²) in [5, 5.41) is 18.5. The summed E-state index contributed by atoms with van der Waals surface area (Å²) in [5.41, 5.74) is -0.844. The zero-order chi connectivity index (χ0) is 16.8. The second-order valence-electron chi connectivity index (χ2n) is 6.39. The van der Waals surface area contributed by atoms with Gasteiger partial charge in [-0.25, -0.2) is 4.79 Å². The van der Waals surface area contributed by atoms with E-state index in [4.69, 9.17) is 4.74 Å². The van der Waals surface area contributed by atoms with Gasteiger partial charge in [0, 0.05) is 0 Å². The predicted octanol–water partition coefficient (Wildman–Crippen LogP) is 0.784. The molecule has 0 aliphatic carbocycles. The number of aliphatic hydroxyl groups is 1. The average molecular weight is 329 g/mol. The van der Waals surface area contributed by atoms with Gasteiger partial charge in [-0.3, -0.25) is 14.5 Å². The van der Waals surface area contributed by atoms with Gasteiger partial charge in [-0.1, -0.05) is 11.8 Å². The van der Waals surface area contributed by atoms with E-state index in [1.54, 1.807) is 20.8 Å². The molecule has 0 aromatic heterocycles. The van der Waals surface area contributed by atoms with E-state index in [0.29, 0.717) is 4.91 Å². The van der Waals surface area contributed by atoms with Crippen molar-refractivity contribution in [3.63, 3.8) is 0 Å². The van der Waals surface area contributed by atoms with Crippen molar-refractivity contribution in [3.8, 4) is 0 Å². The van der Waals surface area contributed by atoms with Gasteiger partial charge >= 0.3 is 11.9 Å². The topological polar surface area (TPSA) is 104 Å². The number of thioether (sulfide) groups is 1. The van der Waals surface area contributed by atoms with Crippen molar-refractivity contribution < 1.29 is 29.3 Å². The van der Waals surface area contributed by atoms with Gasteiger partial charge in [-0.2, -0.15) is 0 Å². The number of nitrogens with zero attached hydrogens (tertiary/aromatic N) is 1. The number of β-lactam (4-membered cyclic amide) rings is 1. The molecule has 22 heavy (non-hydrogen) atoms. The molecule has 2 heterocycles. The maximum atomic E-state index is 12.0. The van der Waals surface area contributed by atoms with Crippen LogP contribution in [0.4, 0.5) is 0 Å². The normalized spacial score (nSPS) is 25.7. The first-order valence-electron chi connectivity index (χ1n) is 6.87. The molecule has 122 valence electrons. The predicted molar refractivity (Wildman–Crippen MR) is 78.5 cm³/mol. The molecule has 0 spiro atoms. The number of aliphatic hydroxyl groups excluding tert-OH is 1. The molecule has 7 nitrogen and oxygen atoms in total. The van der Waals surface area contributed by atoms with E-state index in [-0.39, 0.29) is 12.3 Å². The molecule has 1 fully saturated rings. The summed E-state index contributed by atoms with van der Waals surface area (Å²) in [4.78, 5) is 36.7. The number of esters is 1. The van der Waals surface area contributed by atoms with Gasteiger partial charge in [0.2, 0.25) is 5.91 Å². The van der Waals surface area contributed by atoms with Gasteiger partial charge in [-0.15, -0.1) is 0 Å². The highest BCUT2D eigenvalue weighted by molar-refractivity contribution is 8.04. The van der Waals surface area contributed by atoms with E-state index >= 15 is 0 Å². The molecule has 2 aliphatic rings. The first kappa shape index (κ1) is 16.8. The summed E-state index contributed by atoms with van der Waals surface area (Å²) in [6.07, 6.45) is -0.854. The summed E-state index contributed by atoms with van der Waals surface area (Å²) in [5.74, 6) is -2.73. The Balaban J connectivity index is 2.16. The zero-order valence-electron chi connectivity index (χ0n) is 12.8. The average Bonchev–Trinajstić information content (AvgIpc) is 2.68. The smallest absolute Gasteiger partial charge is 0.353 e. The Bertz CT molecular complexity index is 562. The molecule has 8 heteroatoms. The highest BCUT2D eigenvalue weighted by Gasteiger charge is 2.57. The minimum Gasteiger partial charge on any atom is -0.477 e. The summed E-state index contributed by atoms with van der Waals surface area (Å²) in [7, 11) is 0. The highest BCUT2D eigenvalue weighted by Crippen LogP contribution is 2.50. The van der Waals surface area contributed by atoms with Crippen molar-refractivity contribution in [2.75, 3.05) is 6.61 Å². The van der Waals surface area contributed by atoms with E-state index in [2.05, 4.69) is 0 Å². The second kappa shape index (κ2) is 5.58. The third-order valence-corrected chi connectivity index (χ3v) is 4.86. The minimum absolute atomic E-state index is 0.154. The van der Waals surface area contributed by atoms with Crippen molar-refractivity contribution in [1.82, 2.24) is 4.90 Å². The van der Waals surface area contributed by atoms with Crippen molar-refractivity contribution in [2.45, 2.75) is 39.2 Å². The number of amides is 1. The molecule has 2 N–H and O–H groups in total. The lowest BCUT2D eigenvalue weighted by atomic mass is 9.92. The Morgan fingerprint density at radius 3 is 2.45 bits per heavy atom. The summed E-state index contributed by atoms with van der Waals surface area (Å²) in [6.45, 7) is 6.41. The quantitative estimate of drug-likeness (QED) is 0.580. The molecular weight excluding hydrogens is 310 g/mol. The lowest BCUT2D eigenvalue weighted by Crippen LogP contribution is -2.60. The van der Waals surface area contributed by atoms with E-state index in [0.717, 1.165) is 16.7 Å². The van der Waals surface area contributed by atoms with Gasteiger partial charge in [0.05, 0.1) is 22.3 Å². The third kappa shape index (κ3) is 2.72. The molecule has 0 bridgehead atoms. The number of carbonyl (C=O) groups excluding carboxylic acids is 2. The fraction of sp³-hybridized carbons (Fsp3) is 0.643. The second-order valence-corrected chi connectivity index (χ2v) is 7.60. The van der Waals surface area contributed by atoms with Crippen LogP contribution in [0.3, 0.4) is 0 Å². The first-order chi connectivity index (χ1) is 10.1. The standard InChI is InChI=1S/C14H19NO6S/c1-6(16)8-10(17)15-9(12(18)19)7(22-11(8)15)5-21-13(20)14(2,3)4/h6,8,11,16H,5H2,1-4H3,(H,18,19)/t6-,8+,11-/m1/s1. The number of hydrogen-bond donors (Lipinski definition) is 2. The Morgan fingerprint density at radius 1 is 1.41 bits per heavy atom. The summed E-state index contributed by atoms with van der Waals surface area (Å²) in [6, 6.07) is 0. The van der Waals surface area contributed by atoms with Crippen LogP contribution in [0.2, 0.25) is 0 Å². The van der Waals surface area contributed by atoms with Crippen LogP contribution in [0.15, 0.2) is 10.6 Å². The van der Waals surface area contributed by atoms with Crippen LogP contribution in [0.1, 0.15) is 27.7 Å². The number of aliphatic carboxylic acids is 1. The Labute approximate surface area is 132 Å². The minimum atomic E-state index is -1.24. The molecule has 2 rings (SSSR count). The first-order valence-corrected chi connectivity index (χ1v) is 7.75. The number of hydrogen-bond acceptors (Lipinski definition) is 6. The fourth-order valence-corrected chi connectivity index (χ4v) is 3.82. The van der Waals surface area contributed by atoms with Crippen molar-refractivity contribution in [3.05, 3.63) is 10.6 Å². The molecule has 2 aliphatic heterocycles. The number of fused-ring (bicyclic) bond motifs is 1. The number of carboxylic acid groups (broad SMARTS) is 1. The van der Waals surface area contributed by atoms with Crippen LogP contribution in [0.5, 0.6) is 0 Å². The van der Waals surface area contributed by atoms with Crippen LogP contribution < -0.4 is 0 Å². The molecule has 0 unspecified atom stereocenters. The lowest BCUT2D eigenvalue weighted by Gasteiger charge is -2.43. The SMILES string of the molecule is C[C@@H](O)[C@H]1C(=O)N2C(C(=O)O)=C(COC(=O)C(C)(C)C)S[C@H]12.